The van der Waals surface area contributed by atoms with Gasteiger partial charge in [0, 0.05) is 30.7 Å². The Bertz CT molecular complexity index is 1920. The maximum atomic E-state index is 8.70. The van der Waals surface area contributed by atoms with Crippen molar-refractivity contribution in [2.45, 2.75) is 34.1 Å². The van der Waals surface area contributed by atoms with Crippen molar-refractivity contribution in [1.82, 2.24) is 0 Å². The predicted molar refractivity (Wildman–Crippen MR) is 140 cm³/mol. The van der Waals surface area contributed by atoms with Crippen LogP contribution in [0.1, 0.15) is 41.5 Å². The first kappa shape index (κ1) is 15.1. The number of furan rings is 1. The summed E-state index contributed by atoms with van der Waals surface area (Å²) in [6, 6.07) is 8.60. The number of rotatable bonds is 3. The minimum Gasteiger partial charge on any atom is -0.456 e. The number of nitrogens with zero attached hydrogens (tertiary/aromatic N) is 2. The lowest BCUT2D eigenvalue weighted by atomic mass is 9.88. The Kier molecular flexibility index (Phi) is 3.62. The molecule has 0 atom stereocenters. The van der Waals surface area contributed by atoms with Gasteiger partial charge in [-0.25, -0.2) is 9.41 Å². The summed E-state index contributed by atoms with van der Waals surface area (Å²) in [7, 11) is 1.85. The molecular weight excluding hydrogens is 416 g/mol. The molecule has 2 heterocycles. The second kappa shape index (κ2) is 8.15. The topological polar surface area (TPSA) is 21.4 Å². The fourth-order valence-electron chi connectivity index (χ4n) is 4.39. The minimum atomic E-state index is -1.57. The molecule has 168 valence electrons. The van der Waals surface area contributed by atoms with Gasteiger partial charge in [0.05, 0.1) is 19.0 Å². The predicted octanol–water partition coefficient (Wildman–Crippen LogP) is 8.19. The van der Waals surface area contributed by atoms with Crippen LogP contribution in [0, 0.1) is 18.9 Å². The highest BCUT2D eigenvalue weighted by Gasteiger charge is 2.24. The molecule has 0 amide bonds. The fourth-order valence-corrected chi connectivity index (χ4v) is 4.39. The lowest BCUT2D eigenvalue weighted by molar-refractivity contribution is -0.660. The second-order valence-corrected chi connectivity index (χ2v) is 9.47. The first-order chi connectivity index (χ1) is 19.1. The molecule has 0 saturated heterocycles. The standard InChI is InChI=1S/C31H29N2O/c1-20-12-14-23-24-15-16-25(32-5)28(22-10-8-7-9-11-22)30(24)34-29(23)27(20)26-17-13-21(19-33(26)6)18-31(2,3)4/h7-17,19H,18H2,1-4,6H3/q+1/i7D,8D,9D,10D,11D,18D2. The van der Waals surface area contributed by atoms with Crippen molar-refractivity contribution in [2.24, 2.45) is 12.5 Å². The van der Waals surface area contributed by atoms with Gasteiger partial charge in [0.1, 0.15) is 18.2 Å². The Labute approximate surface area is 210 Å². The van der Waals surface area contributed by atoms with Gasteiger partial charge < -0.3 is 4.42 Å². The molecule has 3 nitrogen and oxygen atoms in total. The van der Waals surface area contributed by atoms with Gasteiger partial charge in [-0.05, 0) is 35.9 Å². The van der Waals surface area contributed by atoms with E-state index in [1.54, 1.807) is 24.4 Å². The molecule has 0 aliphatic carbocycles. The van der Waals surface area contributed by atoms with Crippen LogP contribution in [0.15, 0.2) is 77.2 Å². The van der Waals surface area contributed by atoms with Gasteiger partial charge in [-0.1, -0.05) is 75.2 Å². The first-order valence-electron chi connectivity index (χ1n) is 14.6. The highest BCUT2D eigenvalue weighted by molar-refractivity contribution is 6.15. The normalized spacial score (nSPS) is 15.1. The molecule has 0 fully saturated rings. The van der Waals surface area contributed by atoms with Gasteiger partial charge in [0.15, 0.2) is 11.9 Å². The zero-order valence-corrected chi connectivity index (χ0v) is 19.8. The number of aryl methyl sites for hydroxylation is 2. The molecule has 3 aromatic carbocycles. The third kappa shape index (κ3) is 3.76. The molecule has 0 radical (unpaired) electrons. The second-order valence-electron chi connectivity index (χ2n) is 9.47. The van der Waals surface area contributed by atoms with Crippen molar-refractivity contribution in [3.05, 3.63) is 95.4 Å². The number of benzene rings is 3. The number of aromatic nitrogens is 1. The van der Waals surface area contributed by atoms with Crippen LogP contribution in [0.5, 0.6) is 0 Å². The molecule has 0 aliphatic rings. The highest BCUT2D eigenvalue weighted by atomic mass is 16.3. The monoisotopic (exact) mass is 452 g/mol. The Balaban J connectivity index is 1.85. The maximum absolute atomic E-state index is 8.70. The first-order valence-corrected chi connectivity index (χ1v) is 11.1. The van der Waals surface area contributed by atoms with Crippen LogP contribution in [0.2, 0.25) is 0 Å². The molecule has 0 saturated carbocycles. The molecule has 5 aromatic rings. The zero-order valence-electron chi connectivity index (χ0n) is 26.8. The summed E-state index contributed by atoms with van der Waals surface area (Å²) in [6.45, 7) is 15.3. The lowest BCUT2D eigenvalue weighted by Crippen LogP contribution is -2.32. The van der Waals surface area contributed by atoms with E-state index in [0.717, 1.165) is 22.2 Å². The molecule has 3 heteroatoms. The van der Waals surface area contributed by atoms with Crippen LogP contribution in [-0.2, 0) is 13.4 Å². The Morgan fingerprint density at radius 2 is 1.65 bits per heavy atom. The highest BCUT2D eigenvalue weighted by Crippen LogP contribution is 2.44. The molecule has 0 spiro atoms. The van der Waals surface area contributed by atoms with E-state index in [1.165, 1.54) is 0 Å². The molecule has 2 aromatic heterocycles. The van der Waals surface area contributed by atoms with Gasteiger partial charge in [0.25, 0.3) is 0 Å². The third-order valence-corrected chi connectivity index (χ3v) is 5.78. The van der Waals surface area contributed by atoms with E-state index in [2.05, 4.69) is 4.85 Å². The van der Waals surface area contributed by atoms with Crippen LogP contribution in [0.3, 0.4) is 0 Å². The van der Waals surface area contributed by atoms with Gasteiger partial charge in [-0.15, -0.1) is 0 Å². The summed E-state index contributed by atoms with van der Waals surface area (Å²) in [5, 5.41) is 1.40. The van der Waals surface area contributed by atoms with E-state index >= 15 is 0 Å². The quantitative estimate of drug-likeness (QED) is 0.200. The summed E-state index contributed by atoms with van der Waals surface area (Å²) >= 11 is 0. The van der Waals surface area contributed by atoms with Crippen molar-refractivity contribution in [2.75, 3.05) is 0 Å². The van der Waals surface area contributed by atoms with Gasteiger partial charge in [-0.3, -0.25) is 0 Å². The summed E-state index contributed by atoms with van der Waals surface area (Å²) in [6.07, 6.45) is 0.218. The van der Waals surface area contributed by atoms with E-state index in [0.29, 0.717) is 16.5 Å². The maximum Gasteiger partial charge on any atom is 0.216 e. The van der Waals surface area contributed by atoms with E-state index in [4.69, 9.17) is 20.6 Å². The summed E-state index contributed by atoms with van der Waals surface area (Å²) in [5.74, 6) is 0. The Morgan fingerprint density at radius 1 is 0.971 bits per heavy atom. The Morgan fingerprint density at radius 3 is 2.29 bits per heavy atom. The molecular formula is C31H29N2O+. The zero-order chi connectivity index (χ0) is 30.2. The average Bonchev–Trinajstić information content (AvgIpc) is 3.29. The fraction of sp³-hybridized carbons (Fsp3) is 0.226. The van der Waals surface area contributed by atoms with Gasteiger partial charge >= 0.3 is 0 Å². The molecule has 5 rings (SSSR count). The minimum absolute atomic E-state index is 0.0794. The average molecular weight is 453 g/mol. The van der Waals surface area contributed by atoms with E-state index in [-0.39, 0.29) is 22.4 Å². The van der Waals surface area contributed by atoms with Gasteiger partial charge in [-0.2, -0.15) is 0 Å². The Hall–Kier alpha value is -3.90. The smallest absolute Gasteiger partial charge is 0.216 e. The molecule has 0 aliphatic heterocycles. The van der Waals surface area contributed by atoms with E-state index in [1.807, 2.05) is 57.5 Å². The van der Waals surface area contributed by atoms with Crippen LogP contribution >= 0.6 is 0 Å². The number of hydrogen-bond donors (Lipinski definition) is 0. The van der Waals surface area contributed by atoms with Crippen LogP contribution < -0.4 is 4.57 Å². The number of pyridine rings is 1. The molecule has 0 bridgehead atoms. The third-order valence-electron chi connectivity index (χ3n) is 5.78. The van der Waals surface area contributed by atoms with E-state index in [9.17, 15) is 0 Å². The molecule has 0 N–H and O–H groups in total. The molecule has 34 heavy (non-hydrogen) atoms. The SMILES string of the molecule is [2H]c1c([2H])c([2H])c(-c2c([N+]#[C-])ccc3c2oc2c(-c4ccc(C([2H])([2H])C(C)(C)C)c[n+]4C)c(C)ccc23)c([2H])c1[2H]. The van der Waals surface area contributed by atoms with Crippen molar-refractivity contribution >= 4 is 27.6 Å². The summed E-state index contributed by atoms with van der Waals surface area (Å²) in [5.41, 5.74) is 3.40. The van der Waals surface area contributed by atoms with Crippen LogP contribution in [0.25, 0.3) is 49.2 Å². The van der Waals surface area contributed by atoms with Crippen molar-refractivity contribution in [3.63, 3.8) is 0 Å². The van der Waals surface area contributed by atoms with Crippen LogP contribution in [-0.4, -0.2) is 0 Å². The summed E-state index contributed by atoms with van der Waals surface area (Å²) in [4.78, 5) is 3.61. The number of fused-ring (bicyclic) bond motifs is 3. The van der Waals surface area contributed by atoms with Gasteiger partial charge in [0.2, 0.25) is 5.69 Å². The van der Waals surface area contributed by atoms with Crippen molar-refractivity contribution < 1.29 is 18.6 Å². The van der Waals surface area contributed by atoms with Crippen LogP contribution in [0.4, 0.5) is 5.69 Å². The van der Waals surface area contributed by atoms with Crippen molar-refractivity contribution in [1.29, 1.82) is 0 Å². The van der Waals surface area contributed by atoms with E-state index < -0.39 is 42.0 Å². The molecule has 0 unspecified atom stereocenters. The van der Waals surface area contributed by atoms with Crippen molar-refractivity contribution in [3.8, 4) is 22.4 Å². The summed E-state index contributed by atoms with van der Waals surface area (Å²) < 4.78 is 67.2. The lowest BCUT2D eigenvalue weighted by Gasteiger charge is -2.17. The number of hydrogen-bond acceptors (Lipinski definition) is 1. The largest absolute Gasteiger partial charge is 0.456 e.